The summed E-state index contributed by atoms with van der Waals surface area (Å²) in [6.45, 7) is 3.43. The molecule has 3 N–H and O–H groups in total. The van der Waals surface area contributed by atoms with Crippen molar-refractivity contribution in [3.63, 3.8) is 0 Å². The molecule has 218 valence electrons. The zero-order valence-electron chi connectivity index (χ0n) is 22.1. The fourth-order valence-corrected chi connectivity index (χ4v) is 4.41. The van der Waals surface area contributed by atoms with Crippen LogP contribution in [0.2, 0.25) is 0 Å². The van der Waals surface area contributed by atoms with E-state index >= 15 is 4.39 Å². The van der Waals surface area contributed by atoms with Crippen molar-refractivity contribution in [2.24, 2.45) is 7.05 Å². The Bertz CT molecular complexity index is 1530. The van der Waals surface area contributed by atoms with Crippen LogP contribution in [0.4, 0.5) is 22.0 Å². The summed E-state index contributed by atoms with van der Waals surface area (Å²) in [5, 5.41) is 13.3. The maximum atomic E-state index is 15.0. The molecule has 0 unspecified atom stereocenters. The number of hydrogen-bond acceptors (Lipinski definition) is 4. The van der Waals surface area contributed by atoms with E-state index in [9.17, 15) is 41.8 Å². The number of pyridine rings is 1. The molecule has 2 amide bonds. The molecule has 8 nitrogen and oxygen atoms in total. The van der Waals surface area contributed by atoms with E-state index in [1.165, 1.54) is 19.3 Å². The smallest absolute Gasteiger partial charge is 0.391 e. The van der Waals surface area contributed by atoms with Crippen LogP contribution in [-0.2, 0) is 16.6 Å². The summed E-state index contributed by atoms with van der Waals surface area (Å²) in [5.74, 6) is -7.26. The van der Waals surface area contributed by atoms with Gasteiger partial charge in [0, 0.05) is 18.8 Å². The van der Waals surface area contributed by atoms with Gasteiger partial charge in [-0.05, 0) is 60.4 Å². The van der Waals surface area contributed by atoms with E-state index in [2.05, 4.69) is 0 Å². The summed E-state index contributed by atoms with van der Waals surface area (Å²) in [7, 11) is 1.30. The number of nitrogens with one attached hydrogen (secondary N) is 2. The van der Waals surface area contributed by atoms with Crippen molar-refractivity contribution in [2.45, 2.75) is 44.9 Å². The lowest BCUT2D eigenvalue weighted by molar-refractivity contribution is -0.149. The van der Waals surface area contributed by atoms with E-state index in [-0.39, 0.29) is 5.56 Å². The first-order valence-electron chi connectivity index (χ1n) is 12.2. The number of carboxylic acid groups (broad SMARTS) is 1. The van der Waals surface area contributed by atoms with Gasteiger partial charge in [-0.15, -0.1) is 0 Å². The van der Waals surface area contributed by atoms with Gasteiger partial charge in [0.2, 0.25) is 5.91 Å². The van der Waals surface area contributed by atoms with Gasteiger partial charge in [-0.1, -0.05) is 18.2 Å². The number of nitrogens with zero attached hydrogens (tertiary/aromatic N) is 1. The van der Waals surface area contributed by atoms with Crippen molar-refractivity contribution < 1.29 is 41.4 Å². The molecule has 3 aromatic rings. The van der Waals surface area contributed by atoms with Crippen LogP contribution < -0.4 is 16.2 Å². The predicted molar refractivity (Wildman–Crippen MR) is 138 cm³/mol. The maximum Gasteiger partial charge on any atom is 0.391 e. The SMILES string of the molecule is Cc1cccc(C)c1-c1cc(F)c(F)c([C@H](CC(=O)O)NC(=O)[C@H](CC(F)(F)F)NC(=O)c2cccn(C)c2=O)c1. The molecule has 13 heteroatoms. The van der Waals surface area contributed by atoms with Gasteiger partial charge in [-0.2, -0.15) is 13.2 Å². The van der Waals surface area contributed by atoms with Gasteiger partial charge in [-0.25, -0.2) is 8.78 Å². The van der Waals surface area contributed by atoms with Gasteiger partial charge < -0.3 is 20.3 Å². The minimum absolute atomic E-state index is 0.152. The molecular formula is C28H26F5N3O5. The molecule has 0 radical (unpaired) electrons. The van der Waals surface area contributed by atoms with Gasteiger partial charge in [-0.3, -0.25) is 19.2 Å². The lowest BCUT2D eigenvalue weighted by atomic mass is 9.92. The van der Waals surface area contributed by atoms with Crippen molar-refractivity contribution in [2.75, 3.05) is 0 Å². The van der Waals surface area contributed by atoms with E-state index in [1.807, 2.05) is 10.6 Å². The van der Waals surface area contributed by atoms with Crippen LogP contribution in [0.5, 0.6) is 0 Å². The Morgan fingerprint density at radius 3 is 2.22 bits per heavy atom. The molecule has 0 saturated carbocycles. The van der Waals surface area contributed by atoms with Gasteiger partial charge in [0.05, 0.1) is 18.9 Å². The first kappa shape index (κ1) is 31.0. The number of rotatable bonds is 9. The fourth-order valence-electron chi connectivity index (χ4n) is 4.41. The van der Waals surface area contributed by atoms with Gasteiger partial charge in [0.1, 0.15) is 11.6 Å². The first-order chi connectivity index (χ1) is 19.1. The molecule has 0 bridgehead atoms. The quantitative estimate of drug-likeness (QED) is 0.327. The normalized spacial score (nSPS) is 12.9. The molecule has 2 atom stereocenters. The van der Waals surface area contributed by atoms with Crippen molar-refractivity contribution in [3.8, 4) is 11.1 Å². The number of aliphatic carboxylic acids is 1. The zero-order chi connectivity index (χ0) is 30.6. The van der Waals surface area contributed by atoms with Crippen molar-refractivity contribution in [3.05, 3.63) is 92.9 Å². The molecule has 41 heavy (non-hydrogen) atoms. The lowest BCUT2D eigenvalue weighted by Gasteiger charge is -2.25. The van der Waals surface area contributed by atoms with Crippen LogP contribution in [0, 0.1) is 25.5 Å². The third-order valence-electron chi connectivity index (χ3n) is 6.32. The van der Waals surface area contributed by atoms with Crippen LogP contribution >= 0.6 is 0 Å². The second kappa shape index (κ2) is 12.3. The van der Waals surface area contributed by atoms with Gasteiger partial charge in [0.15, 0.2) is 11.6 Å². The number of carbonyl (C=O) groups is 3. The Balaban J connectivity index is 2.02. The fraction of sp³-hybridized carbons (Fsp3) is 0.286. The molecule has 1 heterocycles. The molecule has 3 rings (SSSR count). The number of aromatic nitrogens is 1. The standard InChI is InChI=1S/C28H26F5N3O5/c1-14-6-4-7-15(2)23(14)16-10-18(24(30)19(29)11-16)20(12-22(37)38)34-26(40)21(13-28(31,32)33)35-25(39)17-8-5-9-36(3)27(17)41/h4-11,20-21H,12-13H2,1-3H3,(H,34,40)(H,35,39)(H,37,38)/t20-,21-/m0/s1. The minimum atomic E-state index is -4.99. The summed E-state index contributed by atoms with van der Waals surface area (Å²) in [6, 6.07) is 5.35. The lowest BCUT2D eigenvalue weighted by Crippen LogP contribution is -2.50. The third kappa shape index (κ3) is 7.56. The maximum absolute atomic E-state index is 15.0. The molecule has 0 spiro atoms. The summed E-state index contributed by atoms with van der Waals surface area (Å²) in [6.07, 6.45) is -6.60. The molecule has 0 aliphatic carbocycles. The Labute approximate surface area is 230 Å². The molecule has 0 aliphatic rings. The molecule has 1 aromatic heterocycles. The van der Waals surface area contributed by atoms with Crippen LogP contribution in [-0.4, -0.2) is 39.7 Å². The average Bonchev–Trinajstić information content (AvgIpc) is 2.85. The number of aryl methyl sites for hydroxylation is 3. The largest absolute Gasteiger partial charge is 0.481 e. The highest BCUT2D eigenvalue weighted by atomic mass is 19.4. The second-order valence-electron chi connectivity index (χ2n) is 9.47. The molecule has 0 saturated heterocycles. The summed E-state index contributed by atoms with van der Waals surface area (Å²) in [5.41, 5.74) is 0.0140. The number of alkyl halides is 3. The third-order valence-corrected chi connectivity index (χ3v) is 6.32. The van der Waals surface area contributed by atoms with Crippen molar-refractivity contribution in [1.82, 2.24) is 15.2 Å². The van der Waals surface area contributed by atoms with E-state index in [1.54, 1.807) is 32.0 Å². The van der Waals surface area contributed by atoms with E-state index in [0.29, 0.717) is 16.7 Å². The number of carbonyl (C=O) groups excluding carboxylic acids is 2. The highest BCUT2D eigenvalue weighted by molar-refractivity contribution is 5.97. The summed E-state index contributed by atoms with van der Waals surface area (Å²) >= 11 is 0. The van der Waals surface area contributed by atoms with Crippen LogP contribution in [0.1, 0.15) is 45.9 Å². The minimum Gasteiger partial charge on any atom is -0.481 e. The average molecular weight is 580 g/mol. The Hall–Kier alpha value is -4.55. The number of carboxylic acids is 1. The Kier molecular flexibility index (Phi) is 9.31. The van der Waals surface area contributed by atoms with Crippen molar-refractivity contribution in [1.29, 1.82) is 0 Å². The van der Waals surface area contributed by atoms with Gasteiger partial charge in [0.25, 0.3) is 11.5 Å². The van der Waals surface area contributed by atoms with E-state index < -0.39 is 77.2 Å². The van der Waals surface area contributed by atoms with E-state index in [4.69, 9.17) is 0 Å². The molecular weight excluding hydrogens is 553 g/mol. The van der Waals surface area contributed by atoms with Crippen molar-refractivity contribution >= 4 is 17.8 Å². The molecule has 0 fully saturated rings. The highest BCUT2D eigenvalue weighted by Gasteiger charge is 2.38. The van der Waals surface area contributed by atoms with Gasteiger partial charge >= 0.3 is 12.1 Å². The van der Waals surface area contributed by atoms with Crippen LogP contribution in [0.15, 0.2) is 53.5 Å². The monoisotopic (exact) mass is 579 g/mol. The van der Waals surface area contributed by atoms with E-state index in [0.717, 1.165) is 22.8 Å². The predicted octanol–water partition coefficient (Wildman–Crippen LogP) is 4.33. The topological polar surface area (TPSA) is 118 Å². The first-order valence-corrected chi connectivity index (χ1v) is 12.2. The van der Waals surface area contributed by atoms with Crippen LogP contribution in [0.3, 0.4) is 0 Å². The number of amides is 2. The number of hydrogen-bond donors (Lipinski definition) is 3. The summed E-state index contributed by atoms with van der Waals surface area (Å²) < 4.78 is 70.9. The number of halogens is 5. The zero-order valence-corrected chi connectivity index (χ0v) is 22.1. The molecule has 0 aliphatic heterocycles. The second-order valence-corrected chi connectivity index (χ2v) is 9.47. The molecule has 2 aromatic carbocycles. The highest BCUT2D eigenvalue weighted by Crippen LogP contribution is 2.33. The summed E-state index contributed by atoms with van der Waals surface area (Å²) in [4.78, 5) is 49.5. The van der Waals surface area contributed by atoms with Crippen LogP contribution in [0.25, 0.3) is 11.1 Å². The Morgan fingerprint density at radius 2 is 1.63 bits per heavy atom. The Morgan fingerprint density at radius 1 is 1.00 bits per heavy atom. The number of benzene rings is 2.